The molecule has 5 nitrogen and oxygen atoms in total. The van der Waals surface area contributed by atoms with Crippen molar-refractivity contribution < 1.29 is 5.11 Å². The number of nitrogens with one attached hydrogen (secondary N) is 1. The van der Waals surface area contributed by atoms with Gasteiger partial charge in [-0.15, -0.1) is 0 Å². The molecule has 0 saturated heterocycles. The van der Waals surface area contributed by atoms with E-state index >= 15 is 0 Å². The van der Waals surface area contributed by atoms with Crippen LogP contribution in [-0.4, -0.2) is 19.9 Å². The van der Waals surface area contributed by atoms with Gasteiger partial charge in [0.15, 0.2) is 5.65 Å². The van der Waals surface area contributed by atoms with E-state index < -0.39 is 0 Å². The van der Waals surface area contributed by atoms with Gasteiger partial charge in [-0.1, -0.05) is 18.2 Å². The largest absolute Gasteiger partial charge is 0.392 e. The van der Waals surface area contributed by atoms with E-state index in [0.717, 1.165) is 27.8 Å². The van der Waals surface area contributed by atoms with Crippen molar-refractivity contribution in [2.45, 2.75) is 33.0 Å². The van der Waals surface area contributed by atoms with Crippen LogP contribution in [0, 0.1) is 0 Å². The number of aliphatic hydroxyl groups excluding tert-OH is 1. The maximum absolute atomic E-state index is 9.35. The van der Waals surface area contributed by atoms with Gasteiger partial charge in [0.2, 0.25) is 0 Å². The summed E-state index contributed by atoms with van der Waals surface area (Å²) in [6, 6.07) is 10.2. The Hall–Kier alpha value is -2.40. The Morgan fingerprint density at radius 2 is 2.05 bits per heavy atom. The van der Waals surface area contributed by atoms with E-state index in [0.29, 0.717) is 12.6 Å². The molecule has 0 atom stereocenters. The van der Waals surface area contributed by atoms with Crippen molar-refractivity contribution in [3.63, 3.8) is 0 Å². The summed E-state index contributed by atoms with van der Waals surface area (Å²) in [6.45, 7) is 4.87. The Kier molecular flexibility index (Phi) is 4.06. The highest BCUT2D eigenvalue weighted by Gasteiger charge is 2.08. The lowest BCUT2D eigenvalue weighted by molar-refractivity contribution is 0.282. The summed E-state index contributed by atoms with van der Waals surface area (Å²) in [6.07, 6.45) is 3.73. The molecule has 0 aliphatic rings. The summed E-state index contributed by atoms with van der Waals surface area (Å²) >= 11 is 0. The standard InChI is InChI=1S/C17H20N4O/c1-12(2)21-17-15(10-20-21)7-13(9-19-17)8-18-16-6-4-3-5-14(16)11-22/h3-7,9-10,12,18,22H,8,11H2,1-2H3. The molecule has 3 aromatic rings. The molecule has 0 aliphatic heterocycles. The second-order valence-electron chi connectivity index (χ2n) is 5.61. The molecule has 2 N–H and O–H groups in total. The van der Waals surface area contributed by atoms with Crippen molar-refractivity contribution >= 4 is 16.7 Å². The molecule has 0 spiro atoms. The number of nitrogens with zero attached hydrogens (tertiary/aromatic N) is 3. The molecule has 5 heteroatoms. The van der Waals surface area contributed by atoms with Crippen molar-refractivity contribution in [2.75, 3.05) is 5.32 Å². The first kappa shape index (κ1) is 14.5. The van der Waals surface area contributed by atoms with Crippen LogP contribution in [0.25, 0.3) is 11.0 Å². The van der Waals surface area contributed by atoms with Crippen LogP contribution < -0.4 is 5.32 Å². The molecular formula is C17H20N4O. The van der Waals surface area contributed by atoms with E-state index in [-0.39, 0.29) is 6.61 Å². The molecule has 2 heterocycles. The van der Waals surface area contributed by atoms with Crippen molar-refractivity contribution in [3.8, 4) is 0 Å². The SMILES string of the molecule is CC(C)n1ncc2cc(CNc3ccccc3CO)cnc21. The quantitative estimate of drug-likeness (QED) is 0.759. The third-order valence-electron chi connectivity index (χ3n) is 3.65. The zero-order valence-corrected chi connectivity index (χ0v) is 12.8. The molecule has 0 bridgehead atoms. The van der Waals surface area contributed by atoms with E-state index in [4.69, 9.17) is 0 Å². The summed E-state index contributed by atoms with van der Waals surface area (Å²) in [5, 5.41) is 18.1. The first-order valence-corrected chi connectivity index (χ1v) is 7.44. The summed E-state index contributed by atoms with van der Waals surface area (Å²) in [5.41, 5.74) is 3.84. The fourth-order valence-electron chi connectivity index (χ4n) is 2.49. The van der Waals surface area contributed by atoms with Crippen molar-refractivity contribution in [2.24, 2.45) is 0 Å². The number of anilines is 1. The molecule has 0 unspecified atom stereocenters. The van der Waals surface area contributed by atoms with Crippen LogP contribution in [0.3, 0.4) is 0 Å². The second-order valence-corrected chi connectivity index (χ2v) is 5.61. The van der Waals surface area contributed by atoms with Crippen LogP contribution in [0.4, 0.5) is 5.69 Å². The minimum absolute atomic E-state index is 0.0294. The van der Waals surface area contributed by atoms with E-state index in [9.17, 15) is 5.11 Å². The maximum Gasteiger partial charge on any atom is 0.157 e. The highest BCUT2D eigenvalue weighted by molar-refractivity contribution is 5.75. The smallest absolute Gasteiger partial charge is 0.157 e. The normalized spacial score (nSPS) is 11.3. The van der Waals surface area contributed by atoms with Crippen LogP contribution >= 0.6 is 0 Å². The molecule has 0 saturated carbocycles. The van der Waals surface area contributed by atoms with Crippen LogP contribution in [0.2, 0.25) is 0 Å². The van der Waals surface area contributed by atoms with Crippen molar-refractivity contribution in [3.05, 3.63) is 53.9 Å². The Morgan fingerprint density at radius 3 is 2.82 bits per heavy atom. The summed E-state index contributed by atoms with van der Waals surface area (Å²) in [4.78, 5) is 4.53. The Balaban J connectivity index is 1.80. The summed E-state index contributed by atoms with van der Waals surface area (Å²) in [7, 11) is 0. The minimum Gasteiger partial charge on any atom is -0.392 e. The van der Waals surface area contributed by atoms with Crippen molar-refractivity contribution in [1.82, 2.24) is 14.8 Å². The number of aliphatic hydroxyl groups is 1. The van der Waals surface area contributed by atoms with Gasteiger partial charge in [0, 0.05) is 35.4 Å². The number of pyridine rings is 1. The number of fused-ring (bicyclic) bond motifs is 1. The van der Waals surface area contributed by atoms with Gasteiger partial charge in [0.1, 0.15) is 0 Å². The number of aromatic nitrogens is 3. The molecule has 0 aliphatic carbocycles. The summed E-state index contributed by atoms with van der Waals surface area (Å²) in [5.74, 6) is 0. The molecule has 0 radical (unpaired) electrons. The van der Waals surface area contributed by atoms with E-state index in [1.807, 2.05) is 41.3 Å². The number of hydrogen-bond acceptors (Lipinski definition) is 4. The van der Waals surface area contributed by atoms with Gasteiger partial charge in [0.25, 0.3) is 0 Å². The Bertz CT molecular complexity index is 779. The van der Waals surface area contributed by atoms with Gasteiger partial charge in [-0.2, -0.15) is 5.10 Å². The molecule has 1 aromatic carbocycles. The highest BCUT2D eigenvalue weighted by atomic mass is 16.3. The molecule has 3 rings (SSSR count). The molecule has 0 amide bonds. The monoisotopic (exact) mass is 296 g/mol. The maximum atomic E-state index is 9.35. The predicted molar refractivity (Wildman–Crippen MR) is 87.6 cm³/mol. The lowest BCUT2D eigenvalue weighted by Crippen LogP contribution is -2.05. The van der Waals surface area contributed by atoms with Crippen LogP contribution in [0.15, 0.2) is 42.7 Å². The van der Waals surface area contributed by atoms with E-state index in [1.165, 1.54) is 0 Å². The van der Waals surface area contributed by atoms with E-state index in [2.05, 4.69) is 35.3 Å². The average Bonchev–Trinajstić information content (AvgIpc) is 2.96. The molecular weight excluding hydrogens is 276 g/mol. The molecule has 0 fully saturated rings. The number of rotatable bonds is 5. The molecule has 114 valence electrons. The zero-order valence-electron chi connectivity index (χ0n) is 12.8. The van der Waals surface area contributed by atoms with Gasteiger partial charge in [-0.3, -0.25) is 0 Å². The topological polar surface area (TPSA) is 63.0 Å². The second kappa shape index (κ2) is 6.15. The lowest BCUT2D eigenvalue weighted by Gasteiger charge is -2.11. The van der Waals surface area contributed by atoms with Gasteiger partial charge < -0.3 is 10.4 Å². The van der Waals surface area contributed by atoms with Crippen molar-refractivity contribution in [1.29, 1.82) is 0 Å². The molecule has 2 aromatic heterocycles. The first-order chi connectivity index (χ1) is 10.7. The van der Waals surface area contributed by atoms with Crippen LogP contribution in [-0.2, 0) is 13.2 Å². The van der Waals surface area contributed by atoms with Crippen LogP contribution in [0.1, 0.15) is 31.0 Å². The predicted octanol–water partition coefficient (Wildman–Crippen LogP) is 3.12. The van der Waals surface area contributed by atoms with Crippen LogP contribution in [0.5, 0.6) is 0 Å². The third kappa shape index (κ3) is 2.80. The summed E-state index contributed by atoms with van der Waals surface area (Å²) < 4.78 is 1.92. The zero-order chi connectivity index (χ0) is 15.5. The number of para-hydroxylation sites is 1. The Morgan fingerprint density at radius 1 is 1.23 bits per heavy atom. The fraction of sp³-hybridized carbons (Fsp3) is 0.294. The number of hydrogen-bond donors (Lipinski definition) is 2. The lowest BCUT2D eigenvalue weighted by atomic mass is 10.1. The third-order valence-corrected chi connectivity index (χ3v) is 3.65. The average molecular weight is 296 g/mol. The highest BCUT2D eigenvalue weighted by Crippen LogP contribution is 2.19. The fourth-order valence-corrected chi connectivity index (χ4v) is 2.49. The Labute approximate surface area is 129 Å². The van der Waals surface area contributed by atoms with Gasteiger partial charge in [0.05, 0.1) is 12.8 Å². The van der Waals surface area contributed by atoms with E-state index in [1.54, 1.807) is 0 Å². The van der Waals surface area contributed by atoms with Gasteiger partial charge in [-0.25, -0.2) is 9.67 Å². The first-order valence-electron chi connectivity index (χ1n) is 7.44. The van der Waals surface area contributed by atoms with Gasteiger partial charge in [-0.05, 0) is 31.5 Å². The molecule has 22 heavy (non-hydrogen) atoms. The number of benzene rings is 1. The van der Waals surface area contributed by atoms with Gasteiger partial charge >= 0.3 is 0 Å². The minimum atomic E-state index is 0.0294.